The summed E-state index contributed by atoms with van der Waals surface area (Å²) in [6, 6.07) is 17.3. The molecular weight excluding hydrogens is 530 g/mol. The van der Waals surface area contributed by atoms with Gasteiger partial charge in [-0.15, -0.1) is 0 Å². The SMILES string of the molecule is CS(=O)(=O)NC(=O)c1ccc(-c2c(CCc3ccc4ccccc4n3)nc3c(N4CCOCC4)ccnn23)cn1. The van der Waals surface area contributed by atoms with Crippen molar-refractivity contribution in [1.82, 2.24) is 29.3 Å². The highest BCUT2D eigenvalue weighted by atomic mass is 32.2. The molecule has 1 saturated heterocycles. The smallest absolute Gasteiger partial charge is 0.283 e. The van der Waals surface area contributed by atoms with E-state index in [1.807, 2.05) is 41.1 Å². The van der Waals surface area contributed by atoms with Crippen molar-refractivity contribution in [2.75, 3.05) is 37.5 Å². The van der Waals surface area contributed by atoms with E-state index < -0.39 is 15.9 Å². The van der Waals surface area contributed by atoms with Crippen LogP contribution in [0.25, 0.3) is 27.8 Å². The number of morpholine rings is 1. The molecule has 1 aromatic carbocycles. The number of aromatic nitrogens is 5. The highest BCUT2D eigenvalue weighted by Gasteiger charge is 2.22. The lowest BCUT2D eigenvalue weighted by Crippen LogP contribution is -2.36. The third-order valence-corrected chi connectivity index (χ3v) is 7.30. The molecule has 12 heteroatoms. The molecule has 6 rings (SSSR count). The van der Waals surface area contributed by atoms with Gasteiger partial charge >= 0.3 is 0 Å². The van der Waals surface area contributed by atoms with Crippen molar-refractivity contribution in [1.29, 1.82) is 0 Å². The Morgan fingerprint density at radius 1 is 1.00 bits per heavy atom. The quantitative estimate of drug-likeness (QED) is 0.321. The zero-order chi connectivity index (χ0) is 27.7. The van der Waals surface area contributed by atoms with E-state index in [0.29, 0.717) is 31.6 Å². The number of ether oxygens (including phenoxy) is 1. The van der Waals surface area contributed by atoms with Crippen LogP contribution in [0.4, 0.5) is 5.69 Å². The largest absolute Gasteiger partial charge is 0.378 e. The van der Waals surface area contributed by atoms with Crippen molar-refractivity contribution in [3.63, 3.8) is 0 Å². The van der Waals surface area contributed by atoms with Gasteiger partial charge in [-0.1, -0.05) is 24.3 Å². The predicted molar refractivity (Wildman–Crippen MR) is 151 cm³/mol. The van der Waals surface area contributed by atoms with Crippen LogP contribution in [0.1, 0.15) is 21.9 Å². The van der Waals surface area contributed by atoms with E-state index in [0.717, 1.165) is 58.7 Å². The van der Waals surface area contributed by atoms with E-state index >= 15 is 0 Å². The fourth-order valence-electron chi connectivity index (χ4n) is 4.88. The molecule has 5 heterocycles. The molecule has 0 unspecified atom stereocenters. The van der Waals surface area contributed by atoms with Crippen LogP contribution in [0.3, 0.4) is 0 Å². The molecule has 1 aliphatic rings. The third-order valence-electron chi connectivity index (χ3n) is 6.74. The van der Waals surface area contributed by atoms with Crippen LogP contribution in [0.15, 0.2) is 67.0 Å². The van der Waals surface area contributed by atoms with Gasteiger partial charge in [-0.25, -0.2) is 22.6 Å². The lowest BCUT2D eigenvalue weighted by atomic mass is 10.1. The van der Waals surface area contributed by atoms with Crippen LogP contribution in [0, 0.1) is 0 Å². The van der Waals surface area contributed by atoms with Gasteiger partial charge in [-0.2, -0.15) is 5.10 Å². The fourth-order valence-corrected chi connectivity index (χ4v) is 5.32. The summed E-state index contributed by atoms with van der Waals surface area (Å²) in [4.78, 5) is 28.7. The minimum Gasteiger partial charge on any atom is -0.378 e. The van der Waals surface area contributed by atoms with E-state index in [1.54, 1.807) is 23.0 Å². The molecule has 5 aromatic rings. The Labute approximate surface area is 230 Å². The first-order valence-corrected chi connectivity index (χ1v) is 14.8. The number of amides is 1. The Balaban J connectivity index is 1.39. The maximum Gasteiger partial charge on any atom is 0.283 e. The first kappa shape index (κ1) is 25.8. The lowest BCUT2D eigenvalue weighted by Gasteiger charge is -2.28. The number of carbonyl (C=O) groups excluding carboxylic acids is 1. The molecule has 1 amide bonds. The number of rotatable bonds is 7. The van der Waals surface area contributed by atoms with Gasteiger partial charge in [0.05, 0.1) is 48.3 Å². The Morgan fingerprint density at radius 2 is 1.82 bits per heavy atom. The molecule has 0 saturated carbocycles. The maximum absolute atomic E-state index is 12.3. The second-order valence-electron chi connectivity index (χ2n) is 9.59. The minimum absolute atomic E-state index is 0.00752. The molecule has 0 spiro atoms. The lowest BCUT2D eigenvalue weighted by molar-refractivity contribution is 0.0977. The van der Waals surface area contributed by atoms with Gasteiger partial charge in [0.1, 0.15) is 5.69 Å². The molecule has 4 aromatic heterocycles. The van der Waals surface area contributed by atoms with Crippen molar-refractivity contribution in [3.8, 4) is 11.3 Å². The van der Waals surface area contributed by atoms with Gasteiger partial charge in [0.2, 0.25) is 10.0 Å². The number of benzene rings is 1. The third kappa shape index (κ3) is 5.36. The molecule has 204 valence electrons. The van der Waals surface area contributed by atoms with Crippen LogP contribution in [-0.2, 0) is 27.6 Å². The van der Waals surface area contributed by atoms with Gasteiger partial charge in [-0.3, -0.25) is 14.8 Å². The Morgan fingerprint density at radius 3 is 2.60 bits per heavy atom. The van der Waals surface area contributed by atoms with Crippen molar-refractivity contribution < 1.29 is 17.9 Å². The van der Waals surface area contributed by atoms with E-state index in [1.165, 1.54) is 6.07 Å². The van der Waals surface area contributed by atoms with Gasteiger partial charge < -0.3 is 9.64 Å². The fraction of sp³-hybridized carbons (Fsp3) is 0.250. The zero-order valence-electron chi connectivity index (χ0n) is 21.8. The maximum atomic E-state index is 12.3. The number of hydrogen-bond acceptors (Lipinski definition) is 9. The molecular formula is C28H27N7O4S. The summed E-state index contributed by atoms with van der Waals surface area (Å²) in [6.07, 6.45) is 5.48. The number of aryl methyl sites for hydroxylation is 2. The Bertz CT molecular complexity index is 1810. The second kappa shape index (κ2) is 10.6. The van der Waals surface area contributed by atoms with Crippen molar-refractivity contribution in [2.45, 2.75) is 12.8 Å². The van der Waals surface area contributed by atoms with Crippen molar-refractivity contribution in [2.24, 2.45) is 0 Å². The number of nitrogens with zero attached hydrogens (tertiary/aromatic N) is 6. The molecule has 0 atom stereocenters. The van der Waals surface area contributed by atoms with E-state index in [9.17, 15) is 13.2 Å². The number of pyridine rings is 2. The summed E-state index contributed by atoms with van der Waals surface area (Å²) < 4.78 is 32.3. The molecule has 1 fully saturated rings. The number of anilines is 1. The van der Waals surface area contributed by atoms with Crippen molar-refractivity contribution >= 4 is 38.2 Å². The standard InChI is InChI=1S/C28H27N7O4S/c1-40(37,38)33-28(36)24-10-7-20(18-29-24)26-23(11-9-21-8-6-19-4-2-3-5-22(19)31-21)32-27-25(12-13-30-35(26)27)34-14-16-39-17-15-34/h2-8,10,12-13,18H,9,11,14-17H2,1H3,(H,33,36). The first-order valence-electron chi connectivity index (χ1n) is 12.9. The normalized spacial score (nSPS) is 14.1. The summed E-state index contributed by atoms with van der Waals surface area (Å²) in [7, 11) is -3.71. The number of para-hydroxylation sites is 1. The van der Waals surface area contributed by atoms with Gasteiger partial charge in [-0.05, 0) is 43.2 Å². The number of fused-ring (bicyclic) bond motifs is 2. The molecule has 40 heavy (non-hydrogen) atoms. The Hall–Kier alpha value is -4.42. The minimum atomic E-state index is -3.71. The van der Waals surface area contributed by atoms with Crippen LogP contribution < -0.4 is 9.62 Å². The monoisotopic (exact) mass is 557 g/mol. The molecule has 0 radical (unpaired) electrons. The van der Waals surface area contributed by atoms with Gasteiger partial charge in [0, 0.05) is 35.9 Å². The number of sulfonamides is 1. The topological polar surface area (TPSA) is 132 Å². The molecule has 0 bridgehead atoms. The average Bonchev–Trinajstić information content (AvgIpc) is 3.34. The predicted octanol–water partition coefficient (Wildman–Crippen LogP) is 2.65. The number of carbonyl (C=O) groups is 1. The van der Waals surface area contributed by atoms with E-state index in [4.69, 9.17) is 14.7 Å². The summed E-state index contributed by atoms with van der Waals surface area (Å²) in [5.74, 6) is -0.789. The summed E-state index contributed by atoms with van der Waals surface area (Å²) in [6.45, 7) is 2.79. The Kier molecular flexibility index (Phi) is 6.86. The molecule has 1 N–H and O–H groups in total. The average molecular weight is 558 g/mol. The van der Waals surface area contributed by atoms with Gasteiger partial charge in [0.15, 0.2) is 5.65 Å². The molecule has 1 aliphatic heterocycles. The van der Waals surface area contributed by atoms with Crippen LogP contribution in [0.2, 0.25) is 0 Å². The molecule has 0 aliphatic carbocycles. The number of hydrogen-bond donors (Lipinski definition) is 1. The van der Waals surface area contributed by atoms with Crippen LogP contribution in [-0.4, -0.2) is 71.5 Å². The van der Waals surface area contributed by atoms with Crippen molar-refractivity contribution in [3.05, 3.63) is 84.1 Å². The second-order valence-corrected chi connectivity index (χ2v) is 11.3. The highest BCUT2D eigenvalue weighted by molar-refractivity contribution is 7.89. The first-order chi connectivity index (χ1) is 19.4. The summed E-state index contributed by atoms with van der Waals surface area (Å²) >= 11 is 0. The highest BCUT2D eigenvalue weighted by Crippen LogP contribution is 2.30. The van der Waals surface area contributed by atoms with Gasteiger partial charge in [0.25, 0.3) is 5.91 Å². The summed E-state index contributed by atoms with van der Waals surface area (Å²) in [5.41, 5.74) is 5.86. The summed E-state index contributed by atoms with van der Waals surface area (Å²) in [5, 5.41) is 5.72. The van der Waals surface area contributed by atoms with Crippen LogP contribution in [0.5, 0.6) is 0 Å². The number of imidazole rings is 1. The van der Waals surface area contributed by atoms with Crippen LogP contribution >= 0.6 is 0 Å². The molecule has 11 nitrogen and oxygen atoms in total. The number of nitrogens with one attached hydrogen (secondary N) is 1. The van der Waals surface area contributed by atoms with E-state index in [2.05, 4.69) is 21.0 Å². The van der Waals surface area contributed by atoms with E-state index in [-0.39, 0.29) is 5.69 Å². The zero-order valence-corrected chi connectivity index (χ0v) is 22.6.